The van der Waals surface area contributed by atoms with Crippen LogP contribution < -0.4 is 9.47 Å². The summed E-state index contributed by atoms with van der Waals surface area (Å²) in [5.41, 5.74) is 0. The number of ether oxygens (including phenoxy) is 2. The summed E-state index contributed by atoms with van der Waals surface area (Å²) in [6.45, 7) is 7.66. The molecular formula is C29H46O3. The highest BCUT2D eigenvalue weighted by molar-refractivity contribution is 5.75. The lowest BCUT2D eigenvalue weighted by molar-refractivity contribution is -0.140. The normalized spacial score (nSPS) is 27.0. The Morgan fingerprint density at radius 3 is 2.06 bits per heavy atom. The number of rotatable bonds is 11. The Morgan fingerprint density at radius 2 is 1.47 bits per heavy atom. The third-order valence-corrected chi connectivity index (χ3v) is 8.15. The Labute approximate surface area is 196 Å². The van der Waals surface area contributed by atoms with Crippen molar-refractivity contribution in [1.29, 1.82) is 0 Å². The van der Waals surface area contributed by atoms with E-state index in [1.54, 1.807) is 0 Å². The van der Waals surface area contributed by atoms with Gasteiger partial charge in [-0.05, 0) is 99.3 Å². The molecule has 0 heterocycles. The molecule has 1 aromatic carbocycles. The van der Waals surface area contributed by atoms with Gasteiger partial charge in [-0.3, -0.25) is 4.79 Å². The average molecular weight is 443 g/mol. The van der Waals surface area contributed by atoms with Crippen LogP contribution in [-0.4, -0.2) is 12.6 Å². The van der Waals surface area contributed by atoms with Crippen LogP contribution in [0.25, 0.3) is 0 Å². The molecule has 0 spiro atoms. The summed E-state index contributed by atoms with van der Waals surface area (Å²) in [6.07, 6.45) is 16.3. The lowest BCUT2D eigenvalue weighted by Gasteiger charge is -2.37. The molecule has 1 atom stereocenters. The van der Waals surface area contributed by atoms with Gasteiger partial charge < -0.3 is 9.47 Å². The fourth-order valence-electron chi connectivity index (χ4n) is 5.80. The van der Waals surface area contributed by atoms with Gasteiger partial charge >= 0.3 is 5.97 Å². The first-order chi connectivity index (χ1) is 15.6. The second-order valence-electron chi connectivity index (χ2n) is 10.6. The van der Waals surface area contributed by atoms with Crippen molar-refractivity contribution in [1.82, 2.24) is 0 Å². The molecule has 0 N–H and O–H groups in total. The van der Waals surface area contributed by atoms with Crippen LogP contribution in [0.2, 0.25) is 0 Å². The molecule has 3 nitrogen and oxygen atoms in total. The molecule has 2 aliphatic carbocycles. The molecule has 2 aliphatic rings. The molecule has 0 aliphatic heterocycles. The second-order valence-corrected chi connectivity index (χ2v) is 10.6. The van der Waals surface area contributed by atoms with Crippen LogP contribution in [0.5, 0.6) is 11.5 Å². The third kappa shape index (κ3) is 7.81. The monoisotopic (exact) mass is 442 g/mol. The standard InChI is InChI=1S/C29H46O3/c1-4-6-7-20-31-27-16-18-28(19-17-27)32-29(30)26-14-12-25(13-15-26)24-10-8-23(9-11-24)21-22(3)5-2/h16-19,22-26H,4-15,20-21H2,1-3H3. The highest BCUT2D eigenvalue weighted by Crippen LogP contribution is 2.43. The van der Waals surface area contributed by atoms with Crippen LogP contribution in [0, 0.1) is 29.6 Å². The zero-order valence-corrected chi connectivity index (χ0v) is 20.8. The van der Waals surface area contributed by atoms with E-state index in [0.29, 0.717) is 5.75 Å². The number of unbranched alkanes of at least 4 members (excludes halogenated alkanes) is 2. The van der Waals surface area contributed by atoms with E-state index in [-0.39, 0.29) is 11.9 Å². The van der Waals surface area contributed by atoms with E-state index >= 15 is 0 Å². The molecule has 2 saturated carbocycles. The molecule has 0 bridgehead atoms. The fraction of sp³-hybridized carbons (Fsp3) is 0.759. The maximum atomic E-state index is 12.7. The predicted molar refractivity (Wildman–Crippen MR) is 132 cm³/mol. The van der Waals surface area contributed by atoms with Crippen molar-refractivity contribution in [2.24, 2.45) is 29.6 Å². The van der Waals surface area contributed by atoms with Crippen molar-refractivity contribution in [3.63, 3.8) is 0 Å². The van der Waals surface area contributed by atoms with Gasteiger partial charge in [0, 0.05) is 0 Å². The molecule has 0 aromatic heterocycles. The van der Waals surface area contributed by atoms with Gasteiger partial charge in [0.15, 0.2) is 0 Å². The first-order valence-corrected chi connectivity index (χ1v) is 13.5. The number of hydrogen-bond donors (Lipinski definition) is 0. The van der Waals surface area contributed by atoms with Gasteiger partial charge in [0.05, 0.1) is 12.5 Å². The number of benzene rings is 1. The van der Waals surface area contributed by atoms with Crippen LogP contribution in [0.3, 0.4) is 0 Å². The zero-order chi connectivity index (χ0) is 22.8. The third-order valence-electron chi connectivity index (χ3n) is 8.15. The molecule has 0 amide bonds. The summed E-state index contributed by atoms with van der Waals surface area (Å²) in [4.78, 5) is 12.7. The van der Waals surface area contributed by atoms with E-state index in [1.807, 2.05) is 24.3 Å². The van der Waals surface area contributed by atoms with E-state index in [2.05, 4.69) is 20.8 Å². The van der Waals surface area contributed by atoms with Crippen molar-refractivity contribution in [2.75, 3.05) is 6.61 Å². The van der Waals surface area contributed by atoms with Crippen molar-refractivity contribution in [2.45, 2.75) is 104 Å². The molecule has 1 aromatic rings. The number of carbonyl (C=O) groups is 1. The second kappa shape index (κ2) is 13.3. The fourth-order valence-corrected chi connectivity index (χ4v) is 5.80. The molecule has 0 radical (unpaired) electrons. The van der Waals surface area contributed by atoms with Gasteiger partial charge in [0.1, 0.15) is 11.5 Å². The first-order valence-electron chi connectivity index (χ1n) is 13.5. The van der Waals surface area contributed by atoms with Crippen LogP contribution in [0.4, 0.5) is 0 Å². The summed E-state index contributed by atoms with van der Waals surface area (Å²) < 4.78 is 11.4. The largest absolute Gasteiger partial charge is 0.494 e. The van der Waals surface area contributed by atoms with E-state index in [0.717, 1.165) is 55.3 Å². The van der Waals surface area contributed by atoms with Gasteiger partial charge in [0.25, 0.3) is 0 Å². The molecule has 32 heavy (non-hydrogen) atoms. The summed E-state index contributed by atoms with van der Waals surface area (Å²) >= 11 is 0. The van der Waals surface area contributed by atoms with Gasteiger partial charge in [-0.1, -0.05) is 52.9 Å². The highest BCUT2D eigenvalue weighted by atomic mass is 16.5. The molecule has 3 rings (SSSR count). The van der Waals surface area contributed by atoms with Gasteiger partial charge in [-0.25, -0.2) is 0 Å². The van der Waals surface area contributed by atoms with Crippen molar-refractivity contribution in [3.8, 4) is 11.5 Å². The van der Waals surface area contributed by atoms with Crippen LogP contribution in [0.1, 0.15) is 104 Å². The number of hydrogen-bond acceptors (Lipinski definition) is 3. The summed E-state index contributed by atoms with van der Waals surface area (Å²) in [5, 5.41) is 0. The van der Waals surface area contributed by atoms with E-state index in [1.165, 1.54) is 64.2 Å². The maximum absolute atomic E-state index is 12.7. The lowest BCUT2D eigenvalue weighted by atomic mass is 9.68. The first kappa shape index (κ1) is 25.1. The Kier molecular flexibility index (Phi) is 10.4. The predicted octanol–water partition coefficient (Wildman–Crippen LogP) is 8.21. The SMILES string of the molecule is CCCCCOc1ccc(OC(=O)C2CCC(C3CCC(CC(C)CC)CC3)CC2)cc1. The summed E-state index contributed by atoms with van der Waals surface area (Å²) in [6, 6.07) is 7.53. The van der Waals surface area contributed by atoms with Crippen molar-refractivity contribution in [3.05, 3.63) is 24.3 Å². The van der Waals surface area contributed by atoms with Gasteiger partial charge in [-0.15, -0.1) is 0 Å². The van der Waals surface area contributed by atoms with Gasteiger partial charge in [0.2, 0.25) is 0 Å². The van der Waals surface area contributed by atoms with Gasteiger partial charge in [-0.2, -0.15) is 0 Å². The Hall–Kier alpha value is -1.51. The Morgan fingerprint density at radius 1 is 0.875 bits per heavy atom. The summed E-state index contributed by atoms with van der Waals surface area (Å²) in [5.74, 6) is 5.07. The Bertz CT molecular complexity index is 651. The average Bonchev–Trinajstić information content (AvgIpc) is 2.83. The quantitative estimate of drug-likeness (QED) is 0.197. The van der Waals surface area contributed by atoms with E-state index in [4.69, 9.17) is 9.47 Å². The van der Waals surface area contributed by atoms with Crippen LogP contribution in [-0.2, 0) is 4.79 Å². The number of esters is 1. The van der Waals surface area contributed by atoms with Crippen molar-refractivity contribution >= 4 is 5.97 Å². The van der Waals surface area contributed by atoms with Crippen LogP contribution >= 0.6 is 0 Å². The minimum absolute atomic E-state index is 0.0441. The zero-order valence-electron chi connectivity index (χ0n) is 20.8. The molecule has 1 unspecified atom stereocenters. The topological polar surface area (TPSA) is 35.5 Å². The molecule has 2 fully saturated rings. The minimum atomic E-state index is -0.0441. The van der Waals surface area contributed by atoms with Crippen LogP contribution in [0.15, 0.2) is 24.3 Å². The molecular weight excluding hydrogens is 396 g/mol. The minimum Gasteiger partial charge on any atom is -0.494 e. The highest BCUT2D eigenvalue weighted by Gasteiger charge is 2.33. The smallest absolute Gasteiger partial charge is 0.314 e. The lowest BCUT2D eigenvalue weighted by Crippen LogP contribution is -2.30. The van der Waals surface area contributed by atoms with Crippen molar-refractivity contribution < 1.29 is 14.3 Å². The molecule has 0 saturated heterocycles. The molecule has 3 heteroatoms. The number of carbonyl (C=O) groups excluding carboxylic acids is 1. The maximum Gasteiger partial charge on any atom is 0.314 e. The van der Waals surface area contributed by atoms with E-state index in [9.17, 15) is 4.79 Å². The Balaban J connectivity index is 1.36. The van der Waals surface area contributed by atoms with E-state index < -0.39 is 0 Å². The summed E-state index contributed by atoms with van der Waals surface area (Å²) in [7, 11) is 0. The molecule has 180 valence electrons.